The van der Waals surface area contributed by atoms with Crippen LogP contribution in [0.15, 0.2) is 63.5 Å². The van der Waals surface area contributed by atoms with Crippen LogP contribution >= 0.6 is 11.3 Å². The van der Waals surface area contributed by atoms with E-state index in [1.165, 1.54) is 15.9 Å². The molecule has 0 radical (unpaired) electrons. The van der Waals surface area contributed by atoms with Crippen LogP contribution in [0.25, 0.3) is 6.08 Å². The number of thiazole rings is 1. The molecule has 0 saturated heterocycles. The van der Waals surface area contributed by atoms with Crippen LogP contribution in [-0.2, 0) is 9.53 Å². The second kappa shape index (κ2) is 10.4. The average Bonchev–Trinajstić information content (AvgIpc) is 3.14. The molecule has 1 atom stereocenters. The van der Waals surface area contributed by atoms with Crippen LogP contribution in [0, 0.1) is 0 Å². The average molecular weight is 509 g/mol. The Labute approximate surface area is 212 Å². The lowest BCUT2D eigenvalue weighted by Gasteiger charge is -2.25. The van der Waals surface area contributed by atoms with Gasteiger partial charge in [0, 0.05) is 0 Å². The molecule has 0 spiro atoms. The summed E-state index contributed by atoms with van der Waals surface area (Å²) in [7, 11) is 1.54. The number of phenols is 1. The minimum atomic E-state index is -0.760. The van der Waals surface area contributed by atoms with Gasteiger partial charge in [-0.15, -0.1) is 0 Å². The van der Waals surface area contributed by atoms with Crippen LogP contribution in [0.3, 0.4) is 0 Å². The first-order valence-corrected chi connectivity index (χ1v) is 12.4. The SMILES string of the molecule is CCOC(=O)C1=C(C)N=c2sc(=Cc3ccc(O)cc3)c(=O)n2C1c1ccc(OC(C)C)c(OC)c1. The number of aromatic hydroxyl groups is 1. The number of carbonyl (C=O) groups is 1. The van der Waals surface area contributed by atoms with Crippen LogP contribution in [-0.4, -0.2) is 35.5 Å². The summed E-state index contributed by atoms with van der Waals surface area (Å²) < 4.78 is 18.7. The molecule has 1 aromatic heterocycles. The number of carbonyl (C=O) groups excluding carboxylic acids is 1. The lowest BCUT2D eigenvalue weighted by atomic mass is 9.95. The number of hydrogen-bond donors (Lipinski definition) is 1. The van der Waals surface area contributed by atoms with Gasteiger partial charge in [-0.25, -0.2) is 9.79 Å². The zero-order valence-corrected chi connectivity index (χ0v) is 21.6. The van der Waals surface area contributed by atoms with E-state index in [0.29, 0.717) is 37.7 Å². The Bertz CT molecular complexity index is 1500. The van der Waals surface area contributed by atoms with Crippen molar-refractivity contribution in [3.05, 3.63) is 84.5 Å². The number of esters is 1. The van der Waals surface area contributed by atoms with E-state index in [1.54, 1.807) is 63.4 Å². The normalized spacial score (nSPS) is 15.5. The van der Waals surface area contributed by atoms with Crippen molar-refractivity contribution < 1.29 is 24.1 Å². The van der Waals surface area contributed by atoms with Crippen molar-refractivity contribution in [1.82, 2.24) is 4.57 Å². The van der Waals surface area contributed by atoms with Crippen molar-refractivity contribution in [2.75, 3.05) is 13.7 Å². The van der Waals surface area contributed by atoms with Gasteiger partial charge < -0.3 is 19.3 Å². The van der Waals surface area contributed by atoms with E-state index >= 15 is 0 Å². The fourth-order valence-electron chi connectivity index (χ4n) is 4.03. The molecule has 0 fully saturated rings. The Balaban J connectivity index is 1.94. The minimum Gasteiger partial charge on any atom is -0.508 e. The second-order valence-corrected chi connectivity index (χ2v) is 9.48. The van der Waals surface area contributed by atoms with Gasteiger partial charge in [-0.05, 0) is 69.2 Å². The fraction of sp³-hybridized carbons (Fsp3) is 0.296. The number of ether oxygens (including phenoxy) is 3. The smallest absolute Gasteiger partial charge is 0.338 e. The summed E-state index contributed by atoms with van der Waals surface area (Å²) in [5, 5.41) is 9.57. The number of benzene rings is 2. The summed E-state index contributed by atoms with van der Waals surface area (Å²) in [4.78, 5) is 31.8. The number of hydrogen-bond acceptors (Lipinski definition) is 8. The van der Waals surface area contributed by atoms with Crippen LogP contribution in [0.4, 0.5) is 0 Å². The van der Waals surface area contributed by atoms with Gasteiger partial charge in [0.2, 0.25) is 0 Å². The zero-order chi connectivity index (χ0) is 26.0. The van der Waals surface area contributed by atoms with Gasteiger partial charge in [-0.3, -0.25) is 9.36 Å². The van der Waals surface area contributed by atoms with Crippen molar-refractivity contribution >= 4 is 23.4 Å². The molecule has 0 bridgehead atoms. The standard InChI is InChI=1S/C27H28N2O6S/c1-6-34-26(32)23-16(4)28-27-29(25(31)22(36-27)13-17-7-10-19(30)11-8-17)24(23)18-9-12-20(35-15(2)3)21(14-18)33-5/h7-15,24,30H,6H2,1-5H3. The Morgan fingerprint density at radius 2 is 1.92 bits per heavy atom. The number of allylic oxidation sites excluding steroid dienone is 1. The molecule has 9 heteroatoms. The molecular weight excluding hydrogens is 480 g/mol. The van der Waals surface area contributed by atoms with Crippen LogP contribution < -0.4 is 24.4 Å². The van der Waals surface area contributed by atoms with Crippen LogP contribution in [0.1, 0.15) is 44.9 Å². The van der Waals surface area contributed by atoms with Crippen LogP contribution in [0.5, 0.6) is 17.2 Å². The summed E-state index contributed by atoms with van der Waals surface area (Å²) in [5.41, 5.74) is 1.91. The minimum absolute atomic E-state index is 0.0560. The molecule has 1 aliphatic rings. The predicted octanol–water partition coefficient (Wildman–Crippen LogP) is 3.30. The maximum atomic E-state index is 13.7. The molecule has 0 saturated carbocycles. The van der Waals surface area contributed by atoms with E-state index in [-0.39, 0.29) is 24.0 Å². The van der Waals surface area contributed by atoms with Crippen molar-refractivity contribution in [1.29, 1.82) is 0 Å². The van der Waals surface area contributed by atoms with Gasteiger partial charge in [0.15, 0.2) is 16.3 Å². The molecular formula is C27H28N2O6S. The topological polar surface area (TPSA) is 99.4 Å². The van der Waals surface area contributed by atoms with Gasteiger partial charge in [0.25, 0.3) is 5.56 Å². The first-order chi connectivity index (χ1) is 17.2. The van der Waals surface area contributed by atoms with Crippen molar-refractivity contribution in [3.63, 3.8) is 0 Å². The maximum Gasteiger partial charge on any atom is 0.338 e. The summed E-state index contributed by atoms with van der Waals surface area (Å²) >= 11 is 1.24. The number of fused-ring (bicyclic) bond motifs is 1. The Kier molecular flexibility index (Phi) is 7.30. The lowest BCUT2D eigenvalue weighted by molar-refractivity contribution is -0.139. The lowest BCUT2D eigenvalue weighted by Crippen LogP contribution is -2.40. The molecule has 8 nitrogen and oxygen atoms in total. The quantitative estimate of drug-likeness (QED) is 0.492. The molecule has 4 rings (SSSR count). The second-order valence-electron chi connectivity index (χ2n) is 8.47. The maximum absolute atomic E-state index is 13.7. The van der Waals surface area contributed by atoms with Crippen molar-refractivity contribution in [2.45, 2.75) is 39.8 Å². The zero-order valence-electron chi connectivity index (χ0n) is 20.8. The molecule has 36 heavy (non-hydrogen) atoms. The molecule has 1 unspecified atom stereocenters. The molecule has 2 heterocycles. The Hall–Kier alpha value is -3.85. The van der Waals surface area contributed by atoms with E-state index in [9.17, 15) is 14.7 Å². The van der Waals surface area contributed by atoms with Crippen LogP contribution in [0.2, 0.25) is 0 Å². The number of nitrogens with zero attached hydrogens (tertiary/aromatic N) is 2. The van der Waals surface area contributed by atoms with E-state index in [2.05, 4.69) is 4.99 Å². The summed E-state index contributed by atoms with van der Waals surface area (Å²) in [6.07, 6.45) is 1.68. The van der Waals surface area contributed by atoms with Crippen molar-refractivity contribution in [2.24, 2.45) is 4.99 Å². The predicted molar refractivity (Wildman–Crippen MR) is 137 cm³/mol. The highest BCUT2D eigenvalue weighted by molar-refractivity contribution is 7.07. The highest BCUT2D eigenvalue weighted by Gasteiger charge is 2.34. The summed E-state index contributed by atoms with van der Waals surface area (Å²) in [5.74, 6) is 0.667. The van der Waals surface area contributed by atoms with Gasteiger partial charge in [-0.1, -0.05) is 29.5 Å². The molecule has 0 amide bonds. The highest BCUT2D eigenvalue weighted by Crippen LogP contribution is 2.36. The van der Waals surface area contributed by atoms with Crippen molar-refractivity contribution in [3.8, 4) is 17.2 Å². The van der Waals surface area contributed by atoms with E-state index in [4.69, 9.17) is 14.2 Å². The third-order valence-electron chi connectivity index (χ3n) is 5.57. The molecule has 1 N–H and O–H groups in total. The number of rotatable bonds is 7. The first-order valence-electron chi connectivity index (χ1n) is 11.6. The largest absolute Gasteiger partial charge is 0.508 e. The fourth-order valence-corrected chi connectivity index (χ4v) is 5.08. The van der Waals surface area contributed by atoms with Gasteiger partial charge in [-0.2, -0.15) is 0 Å². The van der Waals surface area contributed by atoms with Gasteiger partial charge >= 0.3 is 5.97 Å². The number of phenolic OH excluding ortho intramolecular Hbond substituents is 1. The monoisotopic (exact) mass is 508 g/mol. The number of methoxy groups -OCH3 is 1. The molecule has 188 valence electrons. The third kappa shape index (κ3) is 4.92. The Morgan fingerprint density at radius 3 is 2.56 bits per heavy atom. The molecule has 2 aromatic carbocycles. The molecule has 1 aliphatic heterocycles. The Morgan fingerprint density at radius 1 is 1.19 bits per heavy atom. The first kappa shape index (κ1) is 25.2. The number of aromatic nitrogens is 1. The highest BCUT2D eigenvalue weighted by atomic mass is 32.1. The van der Waals surface area contributed by atoms with E-state index in [1.807, 2.05) is 19.9 Å². The van der Waals surface area contributed by atoms with E-state index < -0.39 is 12.0 Å². The van der Waals surface area contributed by atoms with E-state index in [0.717, 1.165) is 5.56 Å². The van der Waals surface area contributed by atoms with Gasteiger partial charge in [0.05, 0.1) is 41.7 Å². The third-order valence-corrected chi connectivity index (χ3v) is 6.56. The summed E-state index contributed by atoms with van der Waals surface area (Å²) in [6.45, 7) is 7.51. The molecule has 3 aromatic rings. The summed E-state index contributed by atoms with van der Waals surface area (Å²) in [6, 6.07) is 11.2. The van der Waals surface area contributed by atoms with Gasteiger partial charge in [0.1, 0.15) is 5.75 Å². The molecule has 0 aliphatic carbocycles.